The van der Waals surface area contributed by atoms with E-state index in [1.807, 2.05) is 30.3 Å². The van der Waals surface area contributed by atoms with Gasteiger partial charge in [0.15, 0.2) is 0 Å². The van der Waals surface area contributed by atoms with Gasteiger partial charge in [-0.3, -0.25) is 0 Å². The fourth-order valence-electron chi connectivity index (χ4n) is 3.29. The summed E-state index contributed by atoms with van der Waals surface area (Å²) in [6.07, 6.45) is 7.54. The fourth-order valence-corrected chi connectivity index (χ4v) is 3.29. The van der Waals surface area contributed by atoms with Gasteiger partial charge in [-0.15, -0.1) is 0 Å². The summed E-state index contributed by atoms with van der Waals surface area (Å²) in [7, 11) is 0. The molecule has 1 unspecified atom stereocenters. The molecule has 1 aromatic carbocycles. The second kappa shape index (κ2) is 7.63. The Labute approximate surface area is 132 Å². The van der Waals surface area contributed by atoms with Crippen molar-refractivity contribution in [3.63, 3.8) is 0 Å². The molecule has 1 aliphatic carbocycles. The molecule has 3 rings (SSSR count). The van der Waals surface area contributed by atoms with E-state index in [0.717, 1.165) is 18.5 Å². The van der Waals surface area contributed by atoms with Crippen LogP contribution in [0.2, 0.25) is 0 Å². The SMILES string of the molecule is O=C(OCc1ccccc1)N1CCC(OC2CCCCC2)C1. The Balaban J connectivity index is 1.40. The maximum atomic E-state index is 12.1. The Morgan fingerprint density at radius 2 is 1.82 bits per heavy atom. The summed E-state index contributed by atoms with van der Waals surface area (Å²) in [5.74, 6) is 0. The fraction of sp³-hybridized carbons (Fsp3) is 0.611. The topological polar surface area (TPSA) is 38.8 Å². The van der Waals surface area contributed by atoms with Gasteiger partial charge in [-0.1, -0.05) is 49.6 Å². The van der Waals surface area contributed by atoms with Gasteiger partial charge in [0.25, 0.3) is 0 Å². The molecular formula is C18H25NO3. The Hall–Kier alpha value is -1.55. The number of hydrogen-bond acceptors (Lipinski definition) is 3. The van der Waals surface area contributed by atoms with Crippen molar-refractivity contribution < 1.29 is 14.3 Å². The third kappa shape index (κ3) is 4.23. The monoisotopic (exact) mass is 303 g/mol. The molecule has 120 valence electrons. The van der Waals surface area contributed by atoms with Crippen LogP contribution in [0.5, 0.6) is 0 Å². The molecule has 1 heterocycles. The first-order valence-electron chi connectivity index (χ1n) is 8.42. The summed E-state index contributed by atoms with van der Waals surface area (Å²) in [6, 6.07) is 9.79. The van der Waals surface area contributed by atoms with Crippen LogP contribution in [0.15, 0.2) is 30.3 Å². The lowest BCUT2D eigenvalue weighted by atomic mass is 9.97. The summed E-state index contributed by atoms with van der Waals surface area (Å²) < 4.78 is 11.5. The molecule has 1 amide bonds. The van der Waals surface area contributed by atoms with E-state index in [1.165, 1.54) is 32.1 Å². The van der Waals surface area contributed by atoms with Gasteiger partial charge in [-0.05, 0) is 24.8 Å². The number of ether oxygens (including phenoxy) is 2. The van der Waals surface area contributed by atoms with Crippen molar-refractivity contribution in [1.82, 2.24) is 4.90 Å². The van der Waals surface area contributed by atoms with Gasteiger partial charge in [-0.2, -0.15) is 0 Å². The van der Waals surface area contributed by atoms with Gasteiger partial charge < -0.3 is 14.4 Å². The van der Waals surface area contributed by atoms with E-state index >= 15 is 0 Å². The first-order valence-corrected chi connectivity index (χ1v) is 8.42. The molecule has 1 aliphatic heterocycles. The number of hydrogen-bond donors (Lipinski definition) is 0. The highest BCUT2D eigenvalue weighted by atomic mass is 16.6. The lowest BCUT2D eigenvalue weighted by Crippen LogP contribution is -2.32. The van der Waals surface area contributed by atoms with Crippen LogP contribution in [0.1, 0.15) is 44.1 Å². The highest BCUT2D eigenvalue weighted by Crippen LogP contribution is 2.24. The summed E-state index contributed by atoms with van der Waals surface area (Å²) >= 11 is 0. The minimum atomic E-state index is -0.224. The van der Waals surface area contributed by atoms with E-state index in [-0.39, 0.29) is 12.2 Å². The van der Waals surface area contributed by atoms with Gasteiger partial charge >= 0.3 is 6.09 Å². The summed E-state index contributed by atoms with van der Waals surface area (Å²) in [5, 5.41) is 0. The zero-order chi connectivity index (χ0) is 15.2. The van der Waals surface area contributed by atoms with E-state index in [1.54, 1.807) is 4.90 Å². The second-order valence-electron chi connectivity index (χ2n) is 6.29. The number of benzene rings is 1. The van der Waals surface area contributed by atoms with Crippen molar-refractivity contribution in [2.24, 2.45) is 0 Å². The smallest absolute Gasteiger partial charge is 0.410 e. The van der Waals surface area contributed by atoms with E-state index in [0.29, 0.717) is 19.3 Å². The molecular weight excluding hydrogens is 278 g/mol. The van der Waals surface area contributed by atoms with Gasteiger partial charge in [0.05, 0.1) is 18.8 Å². The number of carbonyl (C=O) groups excluding carboxylic acids is 1. The van der Waals surface area contributed by atoms with Crippen molar-refractivity contribution >= 4 is 6.09 Å². The molecule has 0 radical (unpaired) electrons. The average molecular weight is 303 g/mol. The summed E-state index contributed by atoms with van der Waals surface area (Å²) in [6.45, 7) is 1.75. The van der Waals surface area contributed by atoms with Crippen LogP contribution in [0, 0.1) is 0 Å². The minimum absolute atomic E-state index is 0.187. The number of likely N-dealkylation sites (tertiary alicyclic amines) is 1. The minimum Gasteiger partial charge on any atom is -0.445 e. The van der Waals surface area contributed by atoms with Gasteiger partial charge in [0, 0.05) is 6.54 Å². The van der Waals surface area contributed by atoms with E-state index in [9.17, 15) is 4.79 Å². The largest absolute Gasteiger partial charge is 0.445 e. The molecule has 22 heavy (non-hydrogen) atoms. The van der Waals surface area contributed by atoms with Crippen molar-refractivity contribution in [3.05, 3.63) is 35.9 Å². The number of rotatable bonds is 4. The molecule has 1 atom stereocenters. The highest BCUT2D eigenvalue weighted by Gasteiger charge is 2.30. The first-order chi connectivity index (χ1) is 10.8. The predicted molar refractivity (Wildman–Crippen MR) is 84.6 cm³/mol. The van der Waals surface area contributed by atoms with Crippen LogP contribution in [0.25, 0.3) is 0 Å². The normalized spacial score (nSPS) is 22.7. The molecule has 2 aliphatic rings. The van der Waals surface area contributed by atoms with Crippen LogP contribution in [-0.4, -0.2) is 36.3 Å². The zero-order valence-electron chi connectivity index (χ0n) is 13.1. The van der Waals surface area contributed by atoms with E-state index in [4.69, 9.17) is 9.47 Å². The quantitative estimate of drug-likeness (QED) is 0.850. The van der Waals surface area contributed by atoms with Crippen LogP contribution >= 0.6 is 0 Å². The molecule has 1 aromatic rings. The Morgan fingerprint density at radius 1 is 1.05 bits per heavy atom. The van der Waals surface area contributed by atoms with Crippen LogP contribution in [0.4, 0.5) is 4.79 Å². The Kier molecular flexibility index (Phi) is 5.33. The van der Waals surface area contributed by atoms with Crippen LogP contribution in [0.3, 0.4) is 0 Å². The Morgan fingerprint density at radius 3 is 2.59 bits per heavy atom. The number of amides is 1. The molecule has 4 heteroatoms. The molecule has 0 N–H and O–H groups in total. The maximum absolute atomic E-state index is 12.1. The van der Waals surface area contributed by atoms with Crippen molar-refractivity contribution in [2.75, 3.05) is 13.1 Å². The molecule has 0 bridgehead atoms. The third-order valence-electron chi connectivity index (χ3n) is 4.55. The maximum Gasteiger partial charge on any atom is 0.410 e. The lowest BCUT2D eigenvalue weighted by Gasteiger charge is -2.25. The molecule has 4 nitrogen and oxygen atoms in total. The molecule has 0 aromatic heterocycles. The van der Waals surface area contributed by atoms with Crippen molar-refractivity contribution in [1.29, 1.82) is 0 Å². The standard InChI is InChI=1S/C18H25NO3/c20-18(21-14-15-7-3-1-4-8-15)19-12-11-17(13-19)22-16-9-5-2-6-10-16/h1,3-4,7-8,16-17H,2,5-6,9-14H2. The van der Waals surface area contributed by atoms with Crippen molar-refractivity contribution in [3.8, 4) is 0 Å². The average Bonchev–Trinajstić information content (AvgIpc) is 3.03. The molecule has 2 fully saturated rings. The van der Waals surface area contributed by atoms with Gasteiger partial charge in [0.2, 0.25) is 0 Å². The summed E-state index contributed by atoms with van der Waals surface area (Å²) in [4.78, 5) is 13.9. The van der Waals surface area contributed by atoms with Gasteiger partial charge in [-0.25, -0.2) is 4.79 Å². The molecule has 0 spiro atoms. The molecule has 1 saturated heterocycles. The Bertz CT molecular complexity index is 470. The van der Waals surface area contributed by atoms with Crippen LogP contribution in [-0.2, 0) is 16.1 Å². The zero-order valence-corrected chi connectivity index (χ0v) is 13.1. The number of carbonyl (C=O) groups is 1. The van der Waals surface area contributed by atoms with Crippen LogP contribution < -0.4 is 0 Å². The summed E-state index contributed by atoms with van der Waals surface area (Å²) in [5.41, 5.74) is 1.02. The molecule has 1 saturated carbocycles. The first kappa shape index (κ1) is 15.3. The second-order valence-corrected chi connectivity index (χ2v) is 6.29. The van der Waals surface area contributed by atoms with E-state index in [2.05, 4.69) is 0 Å². The van der Waals surface area contributed by atoms with Gasteiger partial charge in [0.1, 0.15) is 6.61 Å². The van der Waals surface area contributed by atoms with E-state index < -0.39 is 0 Å². The highest BCUT2D eigenvalue weighted by molar-refractivity contribution is 5.68. The number of nitrogens with zero attached hydrogens (tertiary/aromatic N) is 1. The lowest BCUT2D eigenvalue weighted by molar-refractivity contribution is -0.0242. The van der Waals surface area contributed by atoms with Crippen molar-refractivity contribution in [2.45, 2.75) is 57.3 Å². The predicted octanol–water partition coefficient (Wildman–Crippen LogP) is 3.75. The third-order valence-corrected chi connectivity index (χ3v) is 4.55.